The van der Waals surface area contributed by atoms with Gasteiger partial charge in [-0.3, -0.25) is 0 Å². The normalized spacial score (nSPS) is 20.6. The number of hydrogen-bond acceptors (Lipinski definition) is 3. The second-order valence-electron chi connectivity index (χ2n) is 8.00. The summed E-state index contributed by atoms with van der Waals surface area (Å²) in [6, 6.07) is 4.80. The summed E-state index contributed by atoms with van der Waals surface area (Å²) in [5, 5.41) is 3.48. The third-order valence-corrected chi connectivity index (χ3v) is 4.80. The van der Waals surface area contributed by atoms with Crippen molar-refractivity contribution in [3.05, 3.63) is 28.5 Å². The van der Waals surface area contributed by atoms with Gasteiger partial charge in [-0.1, -0.05) is 13.8 Å². The molecule has 1 N–H and O–H groups in total. The van der Waals surface area contributed by atoms with Crippen molar-refractivity contribution in [2.75, 3.05) is 18.4 Å². The predicted molar refractivity (Wildman–Crippen MR) is 97.7 cm³/mol. The van der Waals surface area contributed by atoms with Crippen LogP contribution in [0.3, 0.4) is 0 Å². The van der Waals surface area contributed by atoms with Gasteiger partial charge in [-0.15, -0.1) is 0 Å². The number of carbonyl (C=O) groups is 1. The van der Waals surface area contributed by atoms with E-state index in [1.54, 1.807) is 11.0 Å². The highest BCUT2D eigenvalue weighted by Gasteiger charge is 2.39. The van der Waals surface area contributed by atoms with Gasteiger partial charge >= 0.3 is 6.09 Å². The maximum atomic E-state index is 13.2. The van der Waals surface area contributed by atoms with Gasteiger partial charge in [0.2, 0.25) is 0 Å². The average Bonchev–Trinajstić information content (AvgIpc) is 2.41. The Labute approximate surface area is 151 Å². The fourth-order valence-electron chi connectivity index (χ4n) is 2.90. The van der Waals surface area contributed by atoms with Gasteiger partial charge < -0.3 is 15.0 Å². The SMILES string of the molecule is CC(C)(C)OC(=O)N1CCC(Nc2ccc(F)cc2Br)C(C)(C)C1. The molecule has 134 valence electrons. The lowest BCUT2D eigenvalue weighted by atomic mass is 9.79. The van der Waals surface area contributed by atoms with Crippen LogP contribution in [0.25, 0.3) is 0 Å². The van der Waals surface area contributed by atoms with E-state index in [0.717, 1.165) is 12.1 Å². The summed E-state index contributed by atoms with van der Waals surface area (Å²) in [7, 11) is 0. The van der Waals surface area contributed by atoms with Crippen LogP contribution in [0.1, 0.15) is 41.0 Å². The van der Waals surface area contributed by atoms with E-state index >= 15 is 0 Å². The Bertz CT molecular complexity index is 614. The van der Waals surface area contributed by atoms with Crippen LogP contribution in [0.5, 0.6) is 0 Å². The van der Waals surface area contributed by atoms with Gasteiger partial charge in [-0.2, -0.15) is 0 Å². The minimum Gasteiger partial charge on any atom is -0.444 e. The standard InChI is InChI=1S/C18H26BrFN2O2/c1-17(2,3)24-16(23)22-9-8-15(18(4,5)11-22)21-14-7-6-12(20)10-13(14)19/h6-7,10,15,21H,8-9,11H2,1-5H3. The number of likely N-dealkylation sites (tertiary alicyclic amines) is 1. The highest BCUT2D eigenvalue weighted by Crippen LogP contribution is 2.34. The minimum absolute atomic E-state index is 0.136. The molecule has 0 radical (unpaired) electrons. The molecular formula is C18H26BrFN2O2. The molecule has 1 unspecified atom stereocenters. The summed E-state index contributed by atoms with van der Waals surface area (Å²) in [5.74, 6) is -0.272. The summed E-state index contributed by atoms with van der Waals surface area (Å²) in [6.45, 7) is 11.1. The smallest absolute Gasteiger partial charge is 0.410 e. The molecule has 0 aromatic heterocycles. The van der Waals surface area contributed by atoms with E-state index < -0.39 is 5.60 Å². The Hall–Kier alpha value is -1.30. The largest absolute Gasteiger partial charge is 0.444 e. The lowest BCUT2D eigenvalue weighted by Crippen LogP contribution is -2.54. The Kier molecular flexibility index (Phi) is 5.47. The third-order valence-electron chi connectivity index (χ3n) is 4.14. The zero-order valence-corrected chi connectivity index (χ0v) is 16.5. The summed E-state index contributed by atoms with van der Waals surface area (Å²) >= 11 is 3.39. The number of rotatable bonds is 2. The number of halogens is 2. The summed E-state index contributed by atoms with van der Waals surface area (Å²) in [6.07, 6.45) is 0.535. The number of amides is 1. The number of piperidine rings is 1. The van der Waals surface area contributed by atoms with Gasteiger partial charge in [-0.05, 0) is 61.3 Å². The van der Waals surface area contributed by atoms with Gasteiger partial charge in [0, 0.05) is 34.7 Å². The summed E-state index contributed by atoms with van der Waals surface area (Å²) in [5.41, 5.74) is 0.235. The van der Waals surface area contributed by atoms with Crippen molar-refractivity contribution in [3.8, 4) is 0 Å². The second-order valence-corrected chi connectivity index (χ2v) is 8.85. The number of nitrogens with zero attached hydrogens (tertiary/aromatic N) is 1. The Balaban J connectivity index is 2.04. The minimum atomic E-state index is -0.491. The van der Waals surface area contributed by atoms with Crippen LogP contribution in [0.4, 0.5) is 14.9 Å². The predicted octanol–water partition coefficient (Wildman–Crippen LogP) is 5.04. The molecule has 1 atom stereocenters. The number of benzene rings is 1. The number of ether oxygens (including phenoxy) is 1. The molecule has 1 aromatic carbocycles. The van der Waals surface area contributed by atoms with Crippen molar-refractivity contribution in [3.63, 3.8) is 0 Å². The lowest BCUT2D eigenvalue weighted by Gasteiger charge is -2.45. The van der Waals surface area contributed by atoms with Crippen LogP contribution in [0, 0.1) is 11.2 Å². The molecule has 24 heavy (non-hydrogen) atoms. The molecule has 0 aliphatic carbocycles. The first-order chi connectivity index (χ1) is 11.0. The van der Waals surface area contributed by atoms with Gasteiger partial charge in [0.15, 0.2) is 0 Å². The van der Waals surface area contributed by atoms with Crippen LogP contribution < -0.4 is 5.32 Å². The fourth-order valence-corrected chi connectivity index (χ4v) is 3.37. The quantitative estimate of drug-likeness (QED) is 0.755. The molecular weight excluding hydrogens is 375 g/mol. The fraction of sp³-hybridized carbons (Fsp3) is 0.611. The first-order valence-electron chi connectivity index (χ1n) is 8.17. The van der Waals surface area contributed by atoms with E-state index in [9.17, 15) is 9.18 Å². The monoisotopic (exact) mass is 400 g/mol. The van der Waals surface area contributed by atoms with Crippen molar-refractivity contribution < 1.29 is 13.9 Å². The highest BCUT2D eigenvalue weighted by atomic mass is 79.9. The highest BCUT2D eigenvalue weighted by molar-refractivity contribution is 9.10. The molecule has 1 aliphatic rings. The van der Waals surface area contributed by atoms with Crippen molar-refractivity contribution in [1.29, 1.82) is 0 Å². The number of carbonyl (C=O) groups excluding carboxylic acids is 1. The van der Waals surface area contributed by atoms with Crippen molar-refractivity contribution in [2.45, 2.75) is 52.7 Å². The Morgan fingerprint density at radius 2 is 2.08 bits per heavy atom. The third kappa shape index (κ3) is 4.85. The second kappa shape index (κ2) is 6.90. The molecule has 6 heteroatoms. The van der Waals surface area contributed by atoms with Gasteiger partial charge in [0.05, 0.1) is 0 Å². The molecule has 1 amide bonds. The van der Waals surface area contributed by atoms with Crippen molar-refractivity contribution in [1.82, 2.24) is 4.90 Å². The number of anilines is 1. The lowest BCUT2D eigenvalue weighted by molar-refractivity contribution is 0.00691. The molecule has 1 fully saturated rings. The molecule has 1 heterocycles. The molecule has 1 aromatic rings. The zero-order chi connectivity index (χ0) is 18.1. The molecule has 0 bridgehead atoms. The molecule has 0 spiro atoms. The molecule has 1 saturated heterocycles. The molecule has 1 aliphatic heterocycles. The maximum Gasteiger partial charge on any atom is 0.410 e. The Morgan fingerprint density at radius 1 is 1.42 bits per heavy atom. The van der Waals surface area contributed by atoms with Crippen molar-refractivity contribution >= 4 is 27.7 Å². The van der Waals surface area contributed by atoms with Crippen LogP contribution in [0.2, 0.25) is 0 Å². The van der Waals surface area contributed by atoms with E-state index in [-0.39, 0.29) is 23.4 Å². The molecule has 2 rings (SSSR count). The van der Waals surface area contributed by atoms with Crippen LogP contribution >= 0.6 is 15.9 Å². The van der Waals surface area contributed by atoms with E-state index in [1.807, 2.05) is 20.8 Å². The summed E-state index contributed by atoms with van der Waals surface area (Å²) < 4.78 is 19.4. The van der Waals surface area contributed by atoms with E-state index in [4.69, 9.17) is 4.74 Å². The topological polar surface area (TPSA) is 41.6 Å². The van der Waals surface area contributed by atoms with Gasteiger partial charge in [-0.25, -0.2) is 9.18 Å². The van der Waals surface area contributed by atoms with Crippen LogP contribution in [-0.4, -0.2) is 35.7 Å². The van der Waals surface area contributed by atoms with E-state index in [0.29, 0.717) is 17.6 Å². The van der Waals surface area contributed by atoms with Gasteiger partial charge in [0.25, 0.3) is 0 Å². The Morgan fingerprint density at radius 3 is 2.62 bits per heavy atom. The first-order valence-corrected chi connectivity index (χ1v) is 8.97. The van der Waals surface area contributed by atoms with Crippen LogP contribution in [0.15, 0.2) is 22.7 Å². The van der Waals surface area contributed by atoms with Crippen LogP contribution in [-0.2, 0) is 4.74 Å². The molecule has 0 saturated carbocycles. The molecule has 4 nitrogen and oxygen atoms in total. The zero-order valence-electron chi connectivity index (χ0n) is 15.0. The summed E-state index contributed by atoms with van der Waals surface area (Å²) in [4.78, 5) is 14.1. The number of hydrogen-bond donors (Lipinski definition) is 1. The first kappa shape index (κ1) is 19.0. The average molecular weight is 401 g/mol. The van der Waals surface area contributed by atoms with Crippen molar-refractivity contribution in [2.24, 2.45) is 5.41 Å². The number of nitrogens with one attached hydrogen (secondary N) is 1. The van der Waals surface area contributed by atoms with E-state index in [2.05, 4.69) is 35.1 Å². The van der Waals surface area contributed by atoms with E-state index in [1.165, 1.54) is 12.1 Å². The van der Waals surface area contributed by atoms with Gasteiger partial charge in [0.1, 0.15) is 11.4 Å². The maximum absolute atomic E-state index is 13.2.